The summed E-state index contributed by atoms with van der Waals surface area (Å²) in [6.45, 7) is 6.35. The second-order valence-corrected chi connectivity index (χ2v) is 5.05. The summed E-state index contributed by atoms with van der Waals surface area (Å²) in [6.07, 6.45) is 5.10. The Labute approximate surface area is 129 Å². The van der Waals surface area contributed by atoms with Gasteiger partial charge in [-0.05, 0) is 37.7 Å². The first-order valence-electron chi connectivity index (χ1n) is 6.68. The first-order valence-corrected chi connectivity index (χ1v) is 7.06. The summed E-state index contributed by atoms with van der Waals surface area (Å²) in [4.78, 5) is 8.50. The Kier molecular flexibility index (Phi) is 5.31. The van der Waals surface area contributed by atoms with Crippen molar-refractivity contribution >= 4 is 17.7 Å². The number of aromatic nitrogens is 2. The Morgan fingerprint density at radius 2 is 2.24 bits per heavy atom. The van der Waals surface area contributed by atoms with Gasteiger partial charge < -0.3 is 10.1 Å². The number of likely N-dealkylation sites (N-methyl/N-ethyl adjacent to an activating group) is 1. The van der Waals surface area contributed by atoms with Crippen molar-refractivity contribution in [3.63, 3.8) is 0 Å². The van der Waals surface area contributed by atoms with Crippen molar-refractivity contribution < 1.29 is 4.74 Å². The number of hydrogen-bond acceptors (Lipinski definition) is 4. The molecule has 110 valence electrons. The predicted molar refractivity (Wildman–Crippen MR) is 86.6 cm³/mol. The summed E-state index contributed by atoms with van der Waals surface area (Å²) in [7, 11) is 1.89. The molecule has 5 heteroatoms. The van der Waals surface area contributed by atoms with E-state index in [0.29, 0.717) is 17.5 Å². The minimum atomic E-state index is 0.256. The van der Waals surface area contributed by atoms with Gasteiger partial charge >= 0.3 is 0 Å². The van der Waals surface area contributed by atoms with E-state index in [4.69, 9.17) is 16.3 Å². The molecule has 2 rings (SSSR count). The van der Waals surface area contributed by atoms with Crippen LogP contribution in [0.4, 0.5) is 0 Å². The first-order chi connectivity index (χ1) is 10.1. The van der Waals surface area contributed by atoms with E-state index in [1.54, 1.807) is 18.5 Å². The van der Waals surface area contributed by atoms with Crippen molar-refractivity contribution in [2.24, 2.45) is 0 Å². The van der Waals surface area contributed by atoms with Crippen LogP contribution in [0.25, 0.3) is 17.3 Å². The molecule has 0 aromatic carbocycles. The molecule has 0 saturated carbocycles. The molecular weight excluding hydrogens is 286 g/mol. The smallest absolute Gasteiger partial charge is 0.138 e. The Bertz CT molecular complexity index is 631. The molecule has 0 aliphatic rings. The molecule has 0 aliphatic carbocycles. The molecule has 1 N–H and O–H groups in total. The quantitative estimate of drug-likeness (QED) is 0.831. The predicted octanol–water partition coefficient (Wildman–Crippen LogP) is 3.43. The summed E-state index contributed by atoms with van der Waals surface area (Å²) in [5.41, 5.74) is 2.47. The molecule has 2 aromatic rings. The molecule has 0 fully saturated rings. The third kappa shape index (κ3) is 4.03. The molecule has 0 spiro atoms. The second kappa shape index (κ2) is 7.20. The normalized spacial score (nSPS) is 12.0. The zero-order valence-corrected chi connectivity index (χ0v) is 12.9. The number of hydrogen-bond donors (Lipinski definition) is 1. The summed E-state index contributed by atoms with van der Waals surface area (Å²) in [6, 6.07) is 5.90. The minimum Gasteiger partial charge on any atom is -0.490 e. The molecule has 2 heterocycles. The Hall–Kier alpha value is -1.91. The Morgan fingerprint density at radius 3 is 2.95 bits per heavy atom. The molecule has 1 atom stereocenters. The second-order valence-electron chi connectivity index (χ2n) is 4.69. The number of nitrogens with one attached hydrogen (secondary N) is 1. The molecule has 0 unspecified atom stereocenters. The lowest BCUT2D eigenvalue weighted by Gasteiger charge is -2.13. The monoisotopic (exact) mass is 303 g/mol. The van der Waals surface area contributed by atoms with Crippen LogP contribution in [-0.2, 0) is 0 Å². The number of halogens is 1. The molecule has 0 aliphatic heterocycles. The lowest BCUT2D eigenvalue weighted by Crippen LogP contribution is -2.28. The third-order valence-electron chi connectivity index (χ3n) is 3.10. The average molecular weight is 304 g/mol. The Morgan fingerprint density at radius 1 is 1.43 bits per heavy atom. The summed E-state index contributed by atoms with van der Waals surface area (Å²) >= 11 is 6.17. The van der Waals surface area contributed by atoms with Crippen LogP contribution < -0.4 is 10.1 Å². The Balaban J connectivity index is 2.28. The fourth-order valence-corrected chi connectivity index (χ4v) is 1.91. The van der Waals surface area contributed by atoms with Crippen LogP contribution in [0, 0.1) is 0 Å². The van der Waals surface area contributed by atoms with E-state index in [1.165, 1.54) is 0 Å². The molecular formula is C16H18ClN3O. The molecule has 2 aromatic heterocycles. The maximum atomic E-state index is 6.17. The van der Waals surface area contributed by atoms with Crippen LogP contribution in [0.3, 0.4) is 0 Å². The van der Waals surface area contributed by atoms with Gasteiger partial charge in [0.25, 0.3) is 0 Å². The van der Waals surface area contributed by atoms with Gasteiger partial charge in [0, 0.05) is 17.8 Å². The van der Waals surface area contributed by atoms with Crippen molar-refractivity contribution in [3.05, 3.63) is 47.9 Å². The van der Waals surface area contributed by atoms with Gasteiger partial charge in [-0.1, -0.05) is 24.3 Å². The molecule has 21 heavy (non-hydrogen) atoms. The van der Waals surface area contributed by atoms with Gasteiger partial charge in [0.15, 0.2) is 0 Å². The van der Waals surface area contributed by atoms with Crippen LogP contribution in [0.2, 0.25) is 5.15 Å². The molecule has 0 radical (unpaired) electrons. The van der Waals surface area contributed by atoms with E-state index in [0.717, 1.165) is 16.8 Å². The molecule has 0 saturated heterocycles. The molecule has 4 nitrogen and oxygen atoms in total. The van der Waals surface area contributed by atoms with E-state index in [9.17, 15) is 0 Å². The fraction of sp³-hybridized carbons (Fsp3) is 0.250. The number of nitrogens with zero attached hydrogens (tertiary/aromatic N) is 2. The first kappa shape index (κ1) is 15.5. The summed E-state index contributed by atoms with van der Waals surface area (Å²) < 4.78 is 5.70. The largest absolute Gasteiger partial charge is 0.490 e. The van der Waals surface area contributed by atoms with E-state index < -0.39 is 0 Å². The van der Waals surface area contributed by atoms with Gasteiger partial charge in [0.2, 0.25) is 0 Å². The van der Waals surface area contributed by atoms with Crippen molar-refractivity contribution in [3.8, 4) is 17.0 Å². The number of ether oxygens (including phenoxy) is 1. The van der Waals surface area contributed by atoms with Crippen molar-refractivity contribution in [2.45, 2.75) is 13.0 Å². The van der Waals surface area contributed by atoms with Gasteiger partial charge in [-0.25, -0.2) is 4.98 Å². The van der Waals surface area contributed by atoms with Crippen LogP contribution in [0.5, 0.6) is 5.75 Å². The highest BCUT2D eigenvalue weighted by Crippen LogP contribution is 2.28. The van der Waals surface area contributed by atoms with Crippen LogP contribution in [0.15, 0.2) is 37.2 Å². The van der Waals surface area contributed by atoms with E-state index in [-0.39, 0.29) is 6.04 Å². The van der Waals surface area contributed by atoms with E-state index >= 15 is 0 Å². The minimum absolute atomic E-state index is 0.256. The van der Waals surface area contributed by atoms with Crippen molar-refractivity contribution in [2.75, 3.05) is 13.7 Å². The molecule has 0 amide bonds. The fourth-order valence-electron chi connectivity index (χ4n) is 1.71. The van der Waals surface area contributed by atoms with Gasteiger partial charge in [-0.3, -0.25) is 4.98 Å². The average Bonchev–Trinajstić information content (AvgIpc) is 2.53. The van der Waals surface area contributed by atoms with Gasteiger partial charge in [0.05, 0.1) is 11.9 Å². The standard InChI is InChI=1S/C16H18ClN3O/c1-4-12-5-6-19-15(7-12)14-8-13(9-20-16(14)17)21-10-11(2)18-3/h4-9,11,18H,1,10H2,2-3H3/t11-/m1/s1. The highest BCUT2D eigenvalue weighted by Gasteiger charge is 2.09. The van der Waals surface area contributed by atoms with Crippen molar-refractivity contribution in [1.82, 2.24) is 15.3 Å². The summed E-state index contributed by atoms with van der Waals surface area (Å²) in [5, 5.41) is 3.51. The zero-order chi connectivity index (χ0) is 15.2. The highest BCUT2D eigenvalue weighted by molar-refractivity contribution is 6.32. The SMILES string of the molecule is C=Cc1ccnc(-c2cc(OC[C@@H](C)NC)cnc2Cl)c1. The van der Waals surface area contributed by atoms with Crippen LogP contribution in [-0.4, -0.2) is 29.7 Å². The zero-order valence-electron chi connectivity index (χ0n) is 12.1. The van der Waals surface area contributed by atoms with Crippen molar-refractivity contribution in [1.29, 1.82) is 0 Å². The lowest BCUT2D eigenvalue weighted by molar-refractivity contribution is 0.279. The lowest BCUT2D eigenvalue weighted by atomic mass is 10.1. The summed E-state index contributed by atoms with van der Waals surface area (Å²) in [5.74, 6) is 0.669. The van der Waals surface area contributed by atoms with Crippen LogP contribution in [0.1, 0.15) is 12.5 Å². The maximum Gasteiger partial charge on any atom is 0.138 e. The van der Waals surface area contributed by atoms with Gasteiger partial charge in [-0.2, -0.15) is 0 Å². The number of rotatable bonds is 6. The van der Waals surface area contributed by atoms with E-state index in [1.807, 2.05) is 32.2 Å². The van der Waals surface area contributed by atoms with E-state index in [2.05, 4.69) is 21.9 Å². The third-order valence-corrected chi connectivity index (χ3v) is 3.40. The topological polar surface area (TPSA) is 47.0 Å². The highest BCUT2D eigenvalue weighted by atomic mass is 35.5. The molecule has 0 bridgehead atoms. The van der Waals surface area contributed by atoms with Gasteiger partial charge in [-0.15, -0.1) is 0 Å². The number of pyridine rings is 2. The van der Waals surface area contributed by atoms with Gasteiger partial charge in [0.1, 0.15) is 17.5 Å². The maximum absolute atomic E-state index is 6.17. The van der Waals surface area contributed by atoms with Crippen LogP contribution >= 0.6 is 11.6 Å².